The Morgan fingerprint density at radius 3 is 2.53 bits per heavy atom. The molecule has 3 nitrogen and oxygen atoms in total. The average molecular weight is 241 g/mol. The molecule has 0 fully saturated rings. The van der Waals surface area contributed by atoms with E-state index < -0.39 is 0 Å². The second kappa shape index (κ2) is 8.29. The third-order valence-corrected chi connectivity index (χ3v) is 2.55. The number of carbonyl (C=O) groups is 1. The Kier molecular flexibility index (Phi) is 7.88. The predicted molar refractivity (Wildman–Crippen MR) is 72.0 cm³/mol. The topological polar surface area (TPSA) is 38.3 Å². The first-order chi connectivity index (χ1) is 7.87. The van der Waals surface area contributed by atoms with Crippen molar-refractivity contribution in [3.05, 3.63) is 12.2 Å². The summed E-state index contributed by atoms with van der Waals surface area (Å²) in [4.78, 5) is 11.3. The third-order valence-electron chi connectivity index (χ3n) is 2.55. The summed E-state index contributed by atoms with van der Waals surface area (Å²) in [6.07, 6.45) is 3.23. The Balaban J connectivity index is 3.69. The molecule has 0 saturated carbocycles. The minimum absolute atomic E-state index is 0.130. The first-order valence-electron chi connectivity index (χ1n) is 6.42. The van der Waals surface area contributed by atoms with E-state index in [0.29, 0.717) is 19.6 Å². The first-order valence-corrected chi connectivity index (χ1v) is 6.42. The van der Waals surface area contributed by atoms with Crippen LogP contribution in [-0.2, 0) is 9.53 Å². The van der Waals surface area contributed by atoms with Crippen LogP contribution in [0.25, 0.3) is 0 Å². The number of ether oxygens (including phenoxy) is 1. The summed E-state index contributed by atoms with van der Waals surface area (Å²) in [6, 6.07) is 0. The van der Waals surface area contributed by atoms with E-state index in [1.807, 2.05) is 13.8 Å². The van der Waals surface area contributed by atoms with Gasteiger partial charge in [0, 0.05) is 13.0 Å². The Hall–Kier alpha value is -0.830. The van der Waals surface area contributed by atoms with Gasteiger partial charge in [-0.1, -0.05) is 12.5 Å². The van der Waals surface area contributed by atoms with Crippen LogP contribution in [0.3, 0.4) is 0 Å². The molecule has 0 bridgehead atoms. The molecule has 100 valence electrons. The van der Waals surface area contributed by atoms with E-state index in [4.69, 9.17) is 4.74 Å². The zero-order chi connectivity index (χ0) is 13.3. The lowest BCUT2D eigenvalue weighted by molar-refractivity contribution is -0.121. The van der Waals surface area contributed by atoms with Gasteiger partial charge in [0.05, 0.1) is 12.2 Å². The fourth-order valence-corrected chi connectivity index (χ4v) is 1.39. The summed E-state index contributed by atoms with van der Waals surface area (Å²) in [6.45, 7) is 13.3. The lowest BCUT2D eigenvalue weighted by atomic mass is 10.1. The van der Waals surface area contributed by atoms with Crippen LogP contribution in [0, 0.1) is 0 Å². The van der Waals surface area contributed by atoms with E-state index in [9.17, 15) is 4.79 Å². The maximum absolute atomic E-state index is 11.3. The van der Waals surface area contributed by atoms with Crippen molar-refractivity contribution in [2.75, 3.05) is 13.2 Å². The molecule has 1 N–H and O–H groups in total. The molecule has 0 aromatic carbocycles. The Morgan fingerprint density at radius 2 is 2.00 bits per heavy atom. The Labute approximate surface area is 106 Å². The molecule has 0 radical (unpaired) electrons. The quantitative estimate of drug-likeness (QED) is 0.630. The molecule has 0 aromatic heterocycles. The molecule has 0 aliphatic rings. The van der Waals surface area contributed by atoms with Gasteiger partial charge in [-0.25, -0.2) is 0 Å². The smallest absolute Gasteiger partial charge is 0.219 e. The number of hydrogen-bond acceptors (Lipinski definition) is 2. The zero-order valence-corrected chi connectivity index (χ0v) is 11.8. The van der Waals surface area contributed by atoms with Crippen molar-refractivity contribution in [1.82, 2.24) is 5.32 Å². The largest absolute Gasteiger partial charge is 0.375 e. The highest BCUT2D eigenvalue weighted by Gasteiger charge is 2.17. The van der Waals surface area contributed by atoms with Crippen LogP contribution in [-0.4, -0.2) is 24.7 Å². The van der Waals surface area contributed by atoms with E-state index in [1.165, 1.54) is 0 Å². The highest BCUT2D eigenvalue weighted by atomic mass is 16.5. The second-order valence-electron chi connectivity index (χ2n) is 5.17. The van der Waals surface area contributed by atoms with Gasteiger partial charge < -0.3 is 10.1 Å². The van der Waals surface area contributed by atoms with E-state index >= 15 is 0 Å². The molecular weight excluding hydrogens is 214 g/mol. The van der Waals surface area contributed by atoms with E-state index in [1.54, 1.807) is 0 Å². The first kappa shape index (κ1) is 16.2. The molecule has 0 aromatic rings. The summed E-state index contributed by atoms with van der Waals surface area (Å²) >= 11 is 0. The Morgan fingerprint density at radius 1 is 1.35 bits per heavy atom. The molecule has 17 heavy (non-hydrogen) atoms. The van der Waals surface area contributed by atoms with Crippen LogP contribution in [0.5, 0.6) is 0 Å². The third kappa shape index (κ3) is 10.1. The van der Waals surface area contributed by atoms with Gasteiger partial charge in [-0.2, -0.15) is 0 Å². The lowest BCUT2D eigenvalue weighted by Gasteiger charge is -2.25. The number of carbonyl (C=O) groups excluding carboxylic acids is 1. The predicted octanol–water partition coefficient (Wildman–Crippen LogP) is 3.05. The molecule has 0 unspecified atom stereocenters. The molecule has 0 rings (SSSR count). The van der Waals surface area contributed by atoms with Gasteiger partial charge in [-0.15, -0.1) is 6.58 Å². The van der Waals surface area contributed by atoms with Gasteiger partial charge >= 0.3 is 0 Å². The highest BCUT2D eigenvalue weighted by Crippen LogP contribution is 2.14. The van der Waals surface area contributed by atoms with Gasteiger partial charge in [-0.3, -0.25) is 4.79 Å². The van der Waals surface area contributed by atoms with Gasteiger partial charge in [0.1, 0.15) is 0 Å². The van der Waals surface area contributed by atoms with Crippen molar-refractivity contribution in [3.8, 4) is 0 Å². The number of hydrogen-bond donors (Lipinski definition) is 1. The number of amides is 1. The van der Waals surface area contributed by atoms with E-state index in [2.05, 4.69) is 25.7 Å². The summed E-state index contributed by atoms with van der Waals surface area (Å²) in [5.41, 5.74) is 0.951. The van der Waals surface area contributed by atoms with Crippen molar-refractivity contribution in [3.63, 3.8) is 0 Å². The summed E-state index contributed by atoms with van der Waals surface area (Å²) < 4.78 is 5.77. The minimum Gasteiger partial charge on any atom is -0.375 e. The van der Waals surface area contributed by atoms with E-state index in [0.717, 1.165) is 24.8 Å². The normalized spacial score (nSPS) is 11.3. The molecule has 1 amide bonds. The number of nitrogens with one attached hydrogen (secondary N) is 1. The summed E-state index contributed by atoms with van der Waals surface area (Å²) in [7, 11) is 0. The summed E-state index contributed by atoms with van der Waals surface area (Å²) in [5.74, 6) is 0.130. The lowest BCUT2D eigenvalue weighted by Crippen LogP contribution is -2.33. The molecule has 0 atom stereocenters. The minimum atomic E-state index is -0.186. The van der Waals surface area contributed by atoms with Crippen LogP contribution in [0.4, 0.5) is 0 Å². The standard InChI is InChI=1S/C14H27NO2/c1-6-7-13(16)15-10-9-14(4,5)17-11-8-12(2)3/h2,6-11H2,1,3-5H3,(H,15,16). The highest BCUT2D eigenvalue weighted by molar-refractivity contribution is 5.75. The van der Waals surface area contributed by atoms with Crippen molar-refractivity contribution in [1.29, 1.82) is 0 Å². The van der Waals surface area contributed by atoms with E-state index in [-0.39, 0.29) is 11.5 Å². The van der Waals surface area contributed by atoms with Crippen molar-refractivity contribution in [2.45, 2.75) is 59.0 Å². The van der Waals surface area contributed by atoms with Crippen molar-refractivity contribution < 1.29 is 9.53 Å². The van der Waals surface area contributed by atoms with Gasteiger partial charge in [0.25, 0.3) is 0 Å². The van der Waals surface area contributed by atoms with Crippen molar-refractivity contribution >= 4 is 5.91 Å². The van der Waals surface area contributed by atoms with Crippen LogP contribution < -0.4 is 5.32 Å². The summed E-state index contributed by atoms with van der Waals surface area (Å²) in [5, 5.41) is 2.90. The molecule has 0 spiro atoms. The SMILES string of the molecule is C=C(C)CCOC(C)(C)CCNC(=O)CCC. The van der Waals surface area contributed by atoms with Gasteiger partial charge in [0.2, 0.25) is 5.91 Å². The van der Waals surface area contributed by atoms with Gasteiger partial charge in [-0.05, 0) is 40.0 Å². The Bertz CT molecular complexity index is 247. The van der Waals surface area contributed by atoms with Crippen LogP contribution in [0.1, 0.15) is 53.4 Å². The zero-order valence-electron chi connectivity index (χ0n) is 11.8. The molecule has 3 heteroatoms. The maximum atomic E-state index is 11.3. The van der Waals surface area contributed by atoms with Gasteiger partial charge in [0.15, 0.2) is 0 Å². The molecule has 0 heterocycles. The fourth-order valence-electron chi connectivity index (χ4n) is 1.39. The van der Waals surface area contributed by atoms with Crippen LogP contribution >= 0.6 is 0 Å². The molecule has 0 aliphatic heterocycles. The molecule has 0 aliphatic carbocycles. The van der Waals surface area contributed by atoms with Crippen LogP contribution in [0.15, 0.2) is 12.2 Å². The second-order valence-corrected chi connectivity index (χ2v) is 5.17. The van der Waals surface area contributed by atoms with Crippen molar-refractivity contribution in [2.24, 2.45) is 0 Å². The average Bonchev–Trinajstić information content (AvgIpc) is 2.16. The monoisotopic (exact) mass is 241 g/mol. The maximum Gasteiger partial charge on any atom is 0.219 e. The van der Waals surface area contributed by atoms with Crippen LogP contribution in [0.2, 0.25) is 0 Å². The number of rotatable bonds is 9. The molecule has 0 saturated heterocycles. The fraction of sp³-hybridized carbons (Fsp3) is 0.786. The molecular formula is C14H27NO2.